The normalized spacial score (nSPS) is 10.1. The molecule has 1 aromatic heterocycles. The topological polar surface area (TPSA) is 85.6 Å². The Morgan fingerprint density at radius 1 is 1.45 bits per heavy atom. The molecule has 7 nitrogen and oxygen atoms in total. The lowest BCUT2D eigenvalue weighted by molar-refractivity contribution is 0.196. The number of nitrogens with one attached hydrogen (secondary N) is 1. The third-order valence-corrected chi connectivity index (χ3v) is 2.50. The number of aliphatic hydroxyl groups is 1. The standard InChI is InChI=1S/C13H15N3O4/c1-19-11-3-2-10(8-12(11)20-7-6-17)15-13(18)16-5-4-14-9-16/h2-5,8-9,17H,6-7H2,1H3,(H,15,18). The van der Waals surface area contributed by atoms with Crippen LogP contribution >= 0.6 is 0 Å². The molecule has 2 rings (SSSR count). The second-order valence-corrected chi connectivity index (χ2v) is 3.84. The second kappa shape index (κ2) is 6.58. The van der Waals surface area contributed by atoms with Gasteiger partial charge in [-0.15, -0.1) is 0 Å². The molecule has 0 saturated carbocycles. The van der Waals surface area contributed by atoms with E-state index in [2.05, 4.69) is 10.3 Å². The summed E-state index contributed by atoms with van der Waals surface area (Å²) in [6.45, 7) is 0.0457. The number of carbonyl (C=O) groups excluding carboxylic acids is 1. The van der Waals surface area contributed by atoms with Gasteiger partial charge in [0.25, 0.3) is 0 Å². The van der Waals surface area contributed by atoms with E-state index in [1.54, 1.807) is 24.4 Å². The third-order valence-electron chi connectivity index (χ3n) is 2.50. The molecule has 0 aliphatic heterocycles. The highest BCUT2D eigenvalue weighted by Gasteiger charge is 2.09. The van der Waals surface area contributed by atoms with Crippen molar-refractivity contribution in [3.8, 4) is 11.5 Å². The van der Waals surface area contributed by atoms with E-state index in [-0.39, 0.29) is 19.2 Å². The molecule has 0 atom stereocenters. The van der Waals surface area contributed by atoms with Crippen LogP contribution in [-0.2, 0) is 0 Å². The van der Waals surface area contributed by atoms with Crippen molar-refractivity contribution >= 4 is 11.7 Å². The quantitative estimate of drug-likeness (QED) is 0.861. The number of amides is 1. The van der Waals surface area contributed by atoms with Crippen molar-refractivity contribution in [2.75, 3.05) is 25.6 Å². The minimum absolute atomic E-state index is 0.102. The van der Waals surface area contributed by atoms with Crippen LogP contribution in [-0.4, -0.2) is 41.0 Å². The van der Waals surface area contributed by atoms with Crippen molar-refractivity contribution in [1.29, 1.82) is 0 Å². The van der Waals surface area contributed by atoms with Crippen molar-refractivity contribution in [2.45, 2.75) is 0 Å². The van der Waals surface area contributed by atoms with Crippen LogP contribution in [0.1, 0.15) is 0 Å². The van der Waals surface area contributed by atoms with E-state index in [9.17, 15) is 4.79 Å². The second-order valence-electron chi connectivity index (χ2n) is 3.84. The molecule has 0 bridgehead atoms. The highest BCUT2D eigenvalue weighted by molar-refractivity contribution is 5.91. The summed E-state index contributed by atoms with van der Waals surface area (Å²) in [7, 11) is 1.52. The molecule has 7 heteroatoms. The van der Waals surface area contributed by atoms with Crippen molar-refractivity contribution in [3.63, 3.8) is 0 Å². The molecule has 2 N–H and O–H groups in total. The van der Waals surface area contributed by atoms with Crippen LogP contribution < -0.4 is 14.8 Å². The molecule has 20 heavy (non-hydrogen) atoms. The van der Waals surface area contributed by atoms with Gasteiger partial charge in [-0.1, -0.05) is 0 Å². The smallest absolute Gasteiger partial charge is 0.331 e. The number of hydrogen-bond donors (Lipinski definition) is 2. The molecule has 1 aromatic carbocycles. The maximum atomic E-state index is 11.9. The first-order valence-corrected chi connectivity index (χ1v) is 5.95. The van der Waals surface area contributed by atoms with E-state index < -0.39 is 0 Å². The zero-order valence-corrected chi connectivity index (χ0v) is 10.9. The SMILES string of the molecule is COc1ccc(NC(=O)n2ccnc2)cc1OCCO. The zero-order chi connectivity index (χ0) is 14.4. The molecular weight excluding hydrogens is 262 g/mol. The number of ether oxygens (including phenoxy) is 2. The van der Waals surface area contributed by atoms with Gasteiger partial charge < -0.3 is 19.9 Å². The first-order valence-electron chi connectivity index (χ1n) is 5.95. The number of methoxy groups -OCH3 is 1. The number of benzene rings is 1. The number of imidazole rings is 1. The lowest BCUT2D eigenvalue weighted by Gasteiger charge is -2.12. The number of aliphatic hydroxyl groups excluding tert-OH is 1. The molecule has 0 saturated heterocycles. The van der Waals surface area contributed by atoms with Gasteiger partial charge in [0.05, 0.1) is 13.7 Å². The minimum atomic E-state index is -0.333. The Hall–Kier alpha value is -2.54. The van der Waals surface area contributed by atoms with Crippen LogP contribution in [0.2, 0.25) is 0 Å². The van der Waals surface area contributed by atoms with Gasteiger partial charge in [0, 0.05) is 24.1 Å². The minimum Gasteiger partial charge on any atom is -0.493 e. The molecular formula is C13H15N3O4. The lowest BCUT2D eigenvalue weighted by Crippen LogP contribution is -2.17. The highest BCUT2D eigenvalue weighted by Crippen LogP contribution is 2.30. The molecule has 1 amide bonds. The maximum Gasteiger partial charge on any atom is 0.331 e. The first kappa shape index (κ1) is 13.9. The fraction of sp³-hybridized carbons (Fsp3) is 0.231. The lowest BCUT2D eigenvalue weighted by atomic mass is 10.2. The van der Waals surface area contributed by atoms with Crippen molar-refractivity contribution < 1.29 is 19.4 Å². The summed E-state index contributed by atoms with van der Waals surface area (Å²) in [5.74, 6) is 0.976. The van der Waals surface area contributed by atoms with Crippen molar-refractivity contribution in [2.24, 2.45) is 0 Å². The summed E-state index contributed by atoms with van der Waals surface area (Å²) in [5.41, 5.74) is 0.553. The highest BCUT2D eigenvalue weighted by atomic mass is 16.5. The van der Waals surface area contributed by atoms with Crippen molar-refractivity contribution in [1.82, 2.24) is 9.55 Å². The Kier molecular flexibility index (Phi) is 4.56. The third kappa shape index (κ3) is 3.27. The van der Waals surface area contributed by atoms with Gasteiger partial charge >= 0.3 is 6.03 Å². The van der Waals surface area contributed by atoms with E-state index >= 15 is 0 Å². The molecule has 0 aliphatic carbocycles. The van der Waals surface area contributed by atoms with Crippen LogP contribution in [0, 0.1) is 0 Å². The fourth-order valence-electron chi connectivity index (χ4n) is 1.59. The summed E-state index contributed by atoms with van der Waals surface area (Å²) in [6, 6.07) is 4.67. The van der Waals surface area contributed by atoms with Crippen LogP contribution in [0.3, 0.4) is 0 Å². The predicted octanol–water partition coefficient (Wildman–Crippen LogP) is 1.34. The first-order chi connectivity index (χ1) is 9.74. The van der Waals surface area contributed by atoms with E-state index in [0.717, 1.165) is 0 Å². The molecule has 0 spiro atoms. The number of anilines is 1. The molecule has 1 heterocycles. The van der Waals surface area contributed by atoms with Gasteiger partial charge in [-0.3, -0.25) is 4.57 Å². The predicted molar refractivity (Wildman–Crippen MR) is 72.2 cm³/mol. The Bertz CT molecular complexity index is 569. The fourth-order valence-corrected chi connectivity index (χ4v) is 1.59. The monoisotopic (exact) mass is 277 g/mol. The Balaban J connectivity index is 2.13. The van der Waals surface area contributed by atoms with E-state index in [1.165, 1.54) is 24.2 Å². The van der Waals surface area contributed by atoms with Gasteiger partial charge in [-0.05, 0) is 12.1 Å². The number of aromatic nitrogens is 2. The summed E-state index contributed by atoms with van der Waals surface area (Å²) in [4.78, 5) is 15.7. The summed E-state index contributed by atoms with van der Waals surface area (Å²) >= 11 is 0. The van der Waals surface area contributed by atoms with Gasteiger partial charge in [0.2, 0.25) is 0 Å². The Morgan fingerprint density at radius 2 is 2.30 bits per heavy atom. The molecule has 0 unspecified atom stereocenters. The van der Waals surface area contributed by atoms with Crippen LogP contribution in [0.5, 0.6) is 11.5 Å². The Labute approximate surface area is 115 Å². The summed E-state index contributed by atoms with van der Waals surface area (Å²) in [5, 5.41) is 11.5. The van der Waals surface area contributed by atoms with Gasteiger partial charge in [0.1, 0.15) is 12.9 Å². The molecule has 0 fully saturated rings. The van der Waals surface area contributed by atoms with E-state index in [1.807, 2.05) is 0 Å². The number of hydrogen-bond acceptors (Lipinski definition) is 5. The summed E-state index contributed by atoms with van der Waals surface area (Å²) in [6.07, 6.45) is 4.47. The van der Waals surface area contributed by atoms with Crippen LogP contribution in [0.25, 0.3) is 0 Å². The number of carbonyl (C=O) groups is 1. The Morgan fingerprint density at radius 3 is 2.95 bits per heavy atom. The average molecular weight is 277 g/mol. The maximum absolute atomic E-state index is 11.9. The van der Waals surface area contributed by atoms with Gasteiger partial charge in [-0.2, -0.15) is 0 Å². The van der Waals surface area contributed by atoms with Gasteiger partial charge in [0.15, 0.2) is 11.5 Å². The molecule has 0 radical (unpaired) electrons. The van der Waals surface area contributed by atoms with Crippen LogP contribution in [0.15, 0.2) is 36.9 Å². The zero-order valence-electron chi connectivity index (χ0n) is 10.9. The molecule has 106 valence electrons. The number of rotatable bonds is 5. The number of nitrogens with zero attached hydrogens (tertiary/aromatic N) is 2. The molecule has 2 aromatic rings. The molecule has 0 aliphatic rings. The van der Waals surface area contributed by atoms with Gasteiger partial charge in [-0.25, -0.2) is 9.78 Å². The van der Waals surface area contributed by atoms with E-state index in [0.29, 0.717) is 17.2 Å². The summed E-state index contributed by atoms with van der Waals surface area (Å²) < 4.78 is 11.8. The van der Waals surface area contributed by atoms with Crippen LogP contribution in [0.4, 0.5) is 10.5 Å². The largest absolute Gasteiger partial charge is 0.493 e. The van der Waals surface area contributed by atoms with Crippen molar-refractivity contribution in [3.05, 3.63) is 36.9 Å². The average Bonchev–Trinajstić information content (AvgIpc) is 2.99. The van der Waals surface area contributed by atoms with E-state index in [4.69, 9.17) is 14.6 Å².